The summed E-state index contributed by atoms with van der Waals surface area (Å²) in [5.74, 6) is -0.438. The standard InChI is InChI=1S/C14H17ClN2O3/c1-14(7-2-3-8-14)9-16-13(18)10-5-4-6-11(15)12(10)17(19)20/h4-6H,2-3,7-9H2,1H3,(H,16,18). The van der Waals surface area contributed by atoms with Crippen LogP contribution in [0.25, 0.3) is 0 Å². The van der Waals surface area contributed by atoms with Crippen molar-refractivity contribution in [1.29, 1.82) is 0 Å². The predicted octanol–water partition coefficient (Wildman–Crippen LogP) is 3.56. The van der Waals surface area contributed by atoms with Gasteiger partial charge in [-0.15, -0.1) is 0 Å². The summed E-state index contributed by atoms with van der Waals surface area (Å²) in [7, 11) is 0. The largest absolute Gasteiger partial charge is 0.351 e. The predicted molar refractivity (Wildman–Crippen MR) is 77.0 cm³/mol. The molecule has 1 aromatic carbocycles. The zero-order chi connectivity index (χ0) is 14.8. The third-order valence-corrected chi connectivity index (χ3v) is 4.21. The van der Waals surface area contributed by atoms with Gasteiger partial charge < -0.3 is 5.32 Å². The normalized spacial score (nSPS) is 16.9. The molecular formula is C14H17ClN2O3. The van der Waals surface area contributed by atoms with E-state index in [-0.39, 0.29) is 21.7 Å². The molecule has 1 saturated carbocycles. The molecule has 0 saturated heterocycles. The fourth-order valence-corrected chi connectivity index (χ4v) is 2.92. The first-order valence-corrected chi connectivity index (χ1v) is 7.02. The van der Waals surface area contributed by atoms with E-state index in [1.54, 1.807) is 6.07 Å². The highest BCUT2D eigenvalue weighted by Gasteiger charge is 2.30. The summed E-state index contributed by atoms with van der Waals surface area (Å²) < 4.78 is 0. The molecule has 1 N–H and O–H groups in total. The Bertz CT molecular complexity index is 539. The number of hydrogen-bond acceptors (Lipinski definition) is 3. The van der Waals surface area contributed by atoms with Gasteiger partial charge in [0.1, 0.15) is 10.6 Å². The van der Waals surface area contributed by atoms with E-state index < -0.39 is 10.8 Å². The lowest BCUT2D eigenvalue weighted by molar-refractivity contribution is -0.385. The van der Waals surface area contributed by atoms with Crippen LogP contribution in [0.2, 0.25) is 5.02 Å². The van der Waals surface area contributed by atoms with E-state index in [1.807, 2.05) is 0 Å². The van der Waals surface area contributed by atoms with Crippen LogP contribution in [0.4, 0.5) is 5.69 Å². The molecule has 0 radical (unpaired) electrons. The first-order valence-electron chi connectivity index (χ1n) is 6.64. The van der Waals surface area contributed by atoms with Gasteiger partial charge in [-0.2, -0.15) is 0 Å². The van der Waals surface area contributed by atoms with Gasteiger partial charge in [0, 0.05) is 6.54 Å². The molecule has 0 atom stereocenters. The lowest BCUT2D eigenvalue weighted by Crippen LogP contribution is -2.34. The molecule has 5 nitrogen and oxygen atoms in total. The number of carbonyl (C=O) groups is 1. The maximum Gasteiger partial charge on any atom is 0.300 e. The van der Waals surface area contributed by atoms with E-state index in [0.717, 1.165) is 12.8 Å². The fourth-order valence-electron chi connectivity index (χ4n) is 2.68. The minimum absolute atomic E-state index is 0.0177. The summed E-state index contributed by atoms with van der Waals surface area (Å²) >= 11 is 5.80. The van der Waals surface area contributed by atoms with E-state index in [4.69, 9.17) is 11.6 Å². The van der Waals surface area contributed by atoms with Crippen molar-refractivity contribution in [3.05, 3.63) is 38.9 Å². The average molecular weight is 297 g/mol. The monoisotopic (exact) mass is 296 g/mol. The summed E-state index contributed by atoms with van der Waals surface area (Å²) in [6.07, 6.45) is 4.49. The van der Waals surface area contributed by atoms with E-state index in [0.29, 0.717) is 6.54 Å². The maximum absolute atomic E-state index is 12.1. The van der Waals surface area contributed by atoms with Gasteiger partial charge in [0.05, 0.1) is 4.92 Å². The van der Waals surface area contributed by atoms with Crippen LogP contribution in [-0.2, 0) is 0 Å². The number of para-hydroxylation sites is 1. The minimum atomic E-state index is -0.617. The smallest absolute Gasteiger partial charge is 0.300 e. The second-order valence-corrected chi connectivity index (χ2v) is 6.00. The zero-order valence-corrected chi connectivity index (χ0v) is 12.1. The quantitative estimate of drug-likeness (QED) is 0.682. The molecule has 0 aromatic heterocycles. The highest BCUT2D eigenvalue weighted by atomic mass is 35.5. The molecule has 6 heteroatoms. The number of hydrogen-bond donors (Lipinski definition) is 1. The molecule has 20 heavy (non-hydrogen) atoms. The topological polar surface area (TPSA) is 72.2 Å². The van der Waals surface area contributed by atoms with E-state index in [9.17, 15) is 14.9 Å². The van der Waals surface area contributed by atoms with E-state index >= 15 is 0 Å². The molecular weight excluding hydrogens is 280 g/mol. The van der Waals surface area contributed by atoms with Gasteiger partial charge in [0.15, 0.2) is 0 Å². The number of amides is 1. The number of nitro benzene ring substituents is 1. The highest BCUT2D eigenvalue weighted by molar-refractivity contribution is 6.33. The SMILES string of the molecule is CC1(CNC(=O)c2cccc(Cl)c2[N+](=O)[O-])CCCC1. The van der Waals surface area contributed by atoms with Crippen molar-refractivity contribution in [1.82, 2.24) is 5.32 Å². The van der Waals surface area contributed by atoms with Crippen molar-refractivity contribution in [2.75, 3.05) is 6.54 Å². The Morgan fingerprint density at radius 3 is 2.70 bits per heavy atom. The first kappa shape index (κ1) is 14.8. The second-order valence-electron chi connectivity index (χ2n) is 5.59. The summed E-state index contributed by atoms with van der Waals surface area (Å²) in [5, 5.41) is 13.8. The summed E-state index contributed by atoms with van der Waals surface area (Å²) in [4.78, 5) is 22.5. The Kier molecular flexibility index (Phi) is 4.28. The Morgan fingerprint density at radius 2 is 2.10 bits per heavy atom. The lowest BCUT2D eigenvalue weighted by Gasteiger charge is -2.23. The van der Waals surface area contributed by atoms with E-state index in [1.165, 1.54) is 25.0 Å². The van der Waals surface area contributed by atoms with Crippen LogP contribution < -0.4 is 5.32 Å². The molecule has 108 valence electrons. The molecule has 1 aromatic rings. The number of rotatable bonds is 4. The number of nitro groups is 1. The summed E-state index contributed by atoms with van der Waals surface area (Å²) in [6.45, 7) is 2.67. The number of nitrogens with zero attached hydrogens (tertiary/aromatic N) is 1. The molecule has 0 aliphatic heterocycles. The molecule has 1 aliphatic rings. The second kappa shape index (κ2) is 5.79. The number of halogens is 1. The number of benzene rings is 1. The third-order valence-electron chi connectivity index (χ3n) is 3.90. The Balaban J connectivity index is 2.13. The Hall–Kier alpha value is -1.62. The van der Waals surface area contributed by atoms with Gasteiger partial charge in [-0.25, -0.2) is 0 Å². The van der Waals surface area contributed by atoms with Gasteiger partial charge >= 0.3 is 5.69 Å². The Labute approximate surface area is 122 Å². The average Bonchev–Trinajstić information content (AvgIpc) is 2.82. The van der Waals surface area contributed by atoms with Crippen molar-refractivity contribution in [3.8, 4) is 0 Å². The van der Waals surface area contributed by atoms with Gasteiger partial charge in [-0.1, -0.05) is 37.4 Å². The number of nitrogens with one attached hydrogen (secondary N) is 1. The number of carbonyl (C=O) groups excluding carboxylic acids is 1. The summed E-state index contributed by atoms with van der Waals surface area (Å²) in [5.41, 5.74) is -0.212. The van der Waals surface area contributed by atoms with Gasteiger partial charge in [-0.3, -0.25) is 14.9 Å². The molecule has 1 aliphatic carbocycles. The molecule has 0 heterocycles. The molecule has 0 spiro atoms. The molecule has 0 bridgehead atoms. The zero-order valence-electron chi connectivity index (χ0n) is 11.3. The van der Waals surface area contributed by atoms with Crippen LogP contribution in [0, 0.1) is 15.5 Å². The van der Waals surface area contributed by atoms with Gasteiger partial charge in [0.25, 0.3) is 5.91 Å². The van der Waals surface area contributed by atoms with Crippen LogP contribution in [0.15, 0.2) is 18.2 Å². The van der Waals surface area contributed by atoms with Crippen LogP contribution in [0.3, 0.4) is 0 Å². The molecule has 2 rings (SSSR count). The van der Waals surface area contributed by atoms with Gasteiger partial charge in [0.2, 0.25) is 0 Å². The van der Waals surface area contributed by atoms with Crippen molar-refractivity contribution in [3.63, 3.8) is 0 Å². The van der Waals surface area contributed by atoms with Gasteiger partial charge in [-0.05, 0) is 30.4 Å². The maximum atomic E-state index is 12.1. The van der Waals surface area contributed by atoms with Crippen LogP contribution in [-0.4, -0.2) is 17.4 Å². The lowest BCUT2D eigenvalue weighted by atomic mass is 9.89. The van der Waals surface area contributed by atoms with Crippen molar-refractivity contribution in [2.24, 2.45) is 5.41 Å². The molecule has 1 fully saturated rings. The van der Waals surface area contributed by atoms with Crippen LogP contribution >= 0.6 is 11.6 Å². The minimum Gasteiger partial charge on any atom is -0.351 e. The van der Waals surface area contributed by atoms with Crippen molar-refractivity contribution >= 4 is 23.2 Å². The van der Waals surface area contributed by atoms with Crippen molar-refractivity contribution in [2.45, 2.75) is 32.6 Å². The van der Waals surface area contributed by atoms with E-state index in [2.05, 4.69) is 12.2 Å². The first-order chi connectivity index (χ1) is 9.43. The third kappa shape index (κ3) is 3.10. The molecule has 0 unspecified atom stereocenters. The Morgan fingerprint density at radius 1 is 1.45 bits per heavy atom. The van der Waals surface area contributed by atoms with Crippen LogP contribution in [0.5, 0.6) is 0 Å². The van der Waals surface area contributed by atoms with Crippen LogP contribution in [0.1, 0.15) is 43.0 Å². The summed E-state index contributed by atoms with van der Waals surface area (Å²) in [6, 6.07) is 4.38. The molecule has 1 amide bonds. The van der Waals surface area contributed by atoms with Crippen molar-refractivity contribution < 1.29 is 9.72 Å². The fraction of sp³-hybridized carbons (Fsp3) is 0.500. The highest BCUT2D eigenvalue weighted by Crippen LogP contribution is 2.37.